The van der Waals surface area contributed by atoms with Crippen LogP contribution in [-0.2, 0) is 0 Å². The van der Waals surface area contributed by atoms with Gasteiger partial charge in [0.2, 0.25) is 0 Å². The van der Waals surface area contributed by atoms with Crippen LogP contribution in [0.3, 0.4) is 0 Å². The van der Waals surface area contributed by atoms with E-state index in [1.165, 1.54) is 37.7 Å². The van der Waals surface area contributed by atoms with Gasteiger partial charge < -0.3 is 4.74 Å². The SMILES string of the molecule is CC(C)Oc1ccccc1C1CCCCCC1Br. The van der Waals surface area contributed by atoms with Gasteiger partial charge in [-0.2, -0.15) is 0 Å². The summed E-state index contributed by atoms with van der Waals surface area (Å²) in [6.07, 6.45) is 6.84. The maximum atomic E-state index is 5.97. The Kier molecular flexibility index (Phi) is 5.11. The van der Waals surface area contributed by atoms with Crippen LogP contribution in [0.15, 0.2) is 24.3 Å². The van der Waals surface area contributed by atoms with E-state index in [4.69, 9.17) is 4.74 Å². The average Bonchev–Trinajstić information content (AvgIpc) is 2.54. The second kappa shape index (κ2) is 6.60. The van der Waals surface area contributed by atoms with Crippen molar-refractivity contribution in [2.75, 3.05) is 0 Å². The van der Waals surface area contributed by atoms with Crippen LogP contribution < -0.4 is 4.74 Å². The van der Waals surface area contributed by atoms with Gasteiger partial charge in [0.25, 0.3) is 0 Å². The minimum absolute atomic E-state index is 0.241. The topological polar surface area (TPSA) is 9.23 Å². The monoisotopic (exact) mass is 310 g/mol. The number of hydrogen-bond donors (Lipinski definition) is 0. The van der Waals surface area contributed by atoms with Gasteiger partial charge in [-0.15, -0.1) is 0 Å². The molecule has 1 aromatic carbocycles. The first-order valence-electron chi connectivity index (χ1n) is 7.08. The van der Waals surface area contributed by atoms with Crippen molar-refractivity contribution in [3.63, 3.8) is 0 Å². The van der Waals surface area contributed by atoms with Gasteiger partial charge in [-0.25, -0.2) is 0 Å². The van der Waals surface area contributed by atoms with Crippen molar-refractivity contribution >= 4 is 15.9 Å². The molecule has 0 heterocycles. The molecule has 1 aromatic rings. The van der Waals surface area contributed by atoms with E-state index >= 15 is 0 Å². The molecule has 2 heteroatoms. The lowest BCUT2D eigenvalue weighted by Gasteiger charge is -2.24. The third-order valence-electron chi connectivity index (χ3n) is 3.61. The van der Waals surface area contributed by atoms with Crippen LogP contribution in [0, 0.1) is 0 Å². The average molecular weight is 311 g/mol. The number of ether oxygens (including phenoxy) is 1. The summed E-state index contributed by atoms with van der Waals surface area (Å²) < 4.78 is 5.97. The van der Waals surface area contributed by atoms with Crippen LogP contribution in [0.5, 0.6) is 5.75 Å². The van der Waals surface area contributed by atoms with Gasteiger partial charge >= 0.3 is 0 Å². The summed E-state index contributed by atoms with van der Waals surface area (Å²) in [5, 5.41) is 0. The lowest BCUT2D eigenvalue weighted by Crippen LogP contribution is -2.14. The van der Waals surface area contributed by atoms with Crippen molar-refractivity contribution in [3.8, 4) is 5.75 Å². The van der Waals surface area contributed by atoms with Crippen LogP contribution >= 0.6 is 15.9 Å². The van der Waals surface area contributed by atoms with Crippen molar-refractivity contribution in [1.82, 2.24) is 0 Å². The molecule has 2 unspecified atom stereocenters. The van der Waals surface area contributed by atoms with E-state index in [-0.39, 0.29) is 6.10 Å². The van der Waals surface area contributed by atoms with E-state index in [0.29, 0.717) is 10.7 Å². The largest absolute Gasteiger partial charge is 0.491 e. The van der Waals surface area contributed by atoms with Crippen LogP contribution in [0.1, 0.15) is 57.4 Å². The Morgan fingerprint density at radius 3 is 2.61 bits per heavy atom. The molecule has 1 aliphatic carbocycles. The zero-order chi connectivity index (χ0) is 13.0. The molecule has 2 atom stereocenters. The Bertz CT molecular complexity index is 375. The second-order valence-electron chi connectivity index (χ2n) is 5.46. The third-order valence-corrected chi connectivity index (χ3v) is 4.71. The van der Waals surface area contributed by atoms with Crippen LogP contribution in [0.2, 0.25) is 0 Å². The van der Waals surface area contributed by atoms with Crippen molar-refractivity contribution in [1.29, 1.82) is 0 Å². The smallest absolute Gasteiger partial charge is 0.123 e. The molecule has 0 bridgehead atoms. The molecule has 100 valence electrons. The molecule has 1 fully saturated rings. The van der Waals surface area contributed by atoms with Crippen molar-refractivity contribution in [2.24, 2.45) is 0 Å². The summed E-state index contributed by atoms with van der Waals surface area (Å²) >= 11 is 3.89. The molecular weight excluding hydrogens is 288 g/mol. The normalized spacial score (nSPS) is 24.9. The fourth-order valence-corrected chi connectivity index (χ4v) is 3.63. The Morgan fingerprint density at radius 1 is 1.11 bits per heavy atom. The van der Waals surface area contributed by atoms with Crippen LogP contribution in [-0.4, -0.2) is 10.9 Å². The van der Waals surface area contributed by atoms with E-state index in [0.717, 1.165) is 5.75 Å². The van der Waals surface area contributed by atoms with Crippen molar-refractivity contribution in [2.45, 2.75) is 62.8 Å². The Hall–Kier alpha value is -0.500. The zero-order valence-corrected chi connectivity index (χ0v) is 12.9. The summed E-state index contributed by atoms with van der Waals surface area (Å²) in [5.41, 5.74) is 1.38. The second-order valence-corrected chi connectivity index (χ2v) is 6.64. The molecule has 0 spiro atoms. The number of rotatable bonds is 3. The van der Waals surface area contributed by atoms with Gasteiger partial charge in [0.05, 0.1) is 6.10 Å². The molecule has 1 aliphatic rings. The van der Waals surface area contributed by atoms with E-state index in [1.807, 2.05) is 0 Å². The molecule has 18 heavy (non-hydrogen) atoms. The van der Waals surface area contributed by atoms with Crippen molar-refractivity contribution < 1.29 is 4.74 Å². The summed E-state index contributed by atoms with van der Waals surface area (Å²) in [5.74, 6) is 1.67. The maximum Gasteiger partial charge on any atom is 0.123 e. The highest BCUT2D eigenvalue weighted by atomic mass is 79.9. The summed E-state index contributed by atoms with van der Waals surface area (Å²) in [7, 11) is 0. The van der Waals surface area contributed by atoms with Gasteiger partial charge in [-0.3, -0.25) is 0 Å². The molecule has 0 N–H and O–H groups in total. The highest BCUT2D eigenvalue weighted by Crippen LogP contribution is 2.40. The molecule has 0 amide bonds. The zero-order valence-electron chi connectivity index (χ0n) is 11.4. The number of alkyl halides is 1. The van der Waals surface area contributed by atoms with Crippen LogP contribution in [0.4, 0.5) is 0 Å². The Morgan fingerprint density at radius 2 is 1.83 bits per heavy atom. The van der Waals surface area contributed by atoms with Crippen LogP contribution in [0.25, 0.3) is 0 Å². The molecule has 1 saturated carbocycles. The molecule has 0 aromatic heterocycles. The fourth-order valence-electron chi connectivity index (χ4n) is 2.76. The summed E-state index contributed by atoms with van der Waals surface area (Å²) in [6.45, 7) is 4.19. The van der Waals surface area contributed by atoms with Gasteiger partial charge in [0.1, 0.15) is 5.75 Å². The van der Waals surface area contributed by atoms with E-state index in [1.54, 1.807) is 0 Å². The van der Waals surface area contributed by atoms with Gasteiger partial charge in [0.15, 0.2) is 0 Å². The van der Waals surface area contributed by atoms with Gasteiger partial charge in [0, 0.05) is 10.7 Å². The first-order chi connectivity index (χ1) is 8.68. The molecule has 1 nitrogen and oxygen atoms in total. The molecule has 2 rings (SSSR count). The Labute approximate surface area is 119 Å². The highest BCUT2D eigenvalue weighted by Gasteiger charge is 2.25. The fraction of sp³-hybridized carbons (Fsp3) is 0.625. The van der Waals surface area contributed by atoms with E-state index in [9.17, 15) is 0 Å². The first kappa shape index (κ1) is 13.9. The summed E-state index contributed by atoms with van der Waals surface area (Å²) in [6, 6.07) is 8.55. The molecule has 0 saturated heterocycles. The van der Waals surface area contributed by atoms with E-state index in [2.05, 4.69) is 54.0 Å². The van der Waals surface area contributed by atoms with Gasteiger partial charge in [-0.05, 0) is 38.3 Å². The number of benzene rings is 1. The quantitative estimate of drug-likeness (QED) is 0.545. The first-order valence-corrected chi connectivity index (χ1v) is 7.99. The van der Waals surface area contributed by atoms with Gasteiger partial charge in [-0.1, -0.05) is 53.4 Å². The standard InChI is InChI=1S/C16H23BrO/c1-12(2)18-16-11-7-6-9-14(16)13-8-4-3-5-10-15(13)17/h6-7,9,11-13,15H,3-5,8,10H2,1-2H3. The molecule has 0 aliphatic heterocycles. The lowest BCUT2D eigenvalue weighted by atomic mass is 9.91. The Balaban J connectivity index is 2.24. The molecule has 0 radical (unpaired) electrons. The third kappa shape index (κ3) is 3.50. The predicted octanol–water partition coefficient (Wildman–Crippen LogP) is 5.29. The van der Waals surface area contributed by atoms with Crippen molar-refractivity contribution in [3.05, 3.63) is 29.8 Å². The maximum absolute atomic E-state index is 5.97. The van der Waals surface area contributed by atoms with E-state index < -0.39 is 0 Å². The minimum atomic E-state index is 0.241. The predicted molar refractivity (Wildman–Crippen MR) is 80.7 cm³/mol. The number of halogens is 1. The lowest BCUT2D eigenvalue weighted by molar-refractivity contribution is 0.238. The number of para-hydroxylation sites is 1. The molecular formula is C16H23BrO. The minimum Gasteiger partial charge on any atom is -0.491 e. The number of hydrogen-bond acceptors (Lipinski definition) is 1. The summed E-state index contributed by atoms with van der Waals surface area (Å²) in [4.78, 5) is 0.594. The highest BCUT2D eigenvalue weighted by molar-refractivity contribution is 9.09.